The van der Waals surface area contributed by atoms with Crippen molar-refractivity contribution < 1.29 is 14.3 Å². The molecule has 0 saturated carbocycles. The van der Waals surface area contributed by atoms with Gasteiger partial charge in [0.1, 0.15) is 5.75 Å². The topological polar surface area (TPSA) is 54.9 Å². The lowest BCUT2D eigenvalue weighted by molar-refractivity contribution is -0.114. The van der Waals surface area contributed by atoms with Gasteiger partial charge in [-0.1, -0.05) is 17.4 Å². The van der Waals surface area contributed by atoms with Crippen molar-refractivity contribution in [3.05, 3.63) is 46.7 Å². The fourth-order valence-electron chi connectivity index (χ4n) is 3.34. The molecule has 9 heteroatoms. The van der Waals surface area contributed by atoms with Crippen molar-refractivity contribution in [2.75, 3.05) is 51.4 Å². The molecule has 4 rings (SSSR count). The fraction of sp³-hybridized carbons (Fsp3) is 0.364. The number of rotatable bonds is 8. The number of anilines is 1. The maximum absolute atomic E-state index is 13.1. The van der Waals surface area contributed by atoms with Crippen LogP contribution < -0.4 is 9.64 Å². The van der Waals surface area contributed by atoms with Crippen molar-refractivity contribution in [2.24, 2.45) is 0 Å². The highest BCUT2D eigenvalue weighted by molar-refractivity contribution is 7.22. The van der Waals surface area contributed by atoms with Gasteiger partial charge in [0.25, 0.3) is 5.91 Å². The number of hydrogen-bond donors (Lipinski definition) is 0. The van der Waals surface area contributed by atoms with Crippen LogP contribution in [0, 0.1) is 0 Å². The molecule has 0 atom stereocenters. The van der Waals surface area contributed by atoms with E-state index in [-0.39, 0.29) is 18.3 Å². The molecule has 0 radical (unpaired) electrons. The van der Waals surface area contributed by atoms with Gasteiger partial charge in [0.15, 0.2) is 5.13 Å². The molecule has 3 aromatic rings. The van der Waals surface area contributed by atoms with Crippen molar-refractivity contribution in [1.29, 1.82) is 0 Å². The average molecular weight is 480 g/mol. The normalized spacial score (nSPS) is 14.6. The van der Waals surface area contributed by atoms with Gasteiger partial charge in [0.2, 0.25) is 0 Å². The number of carbonyl (C=O) groups excluding carboxylic acids is 1. The zero-order chi connectivity index (χ0) is 20.8. The van der Waals surface area contributed by atoms with Crippen LogP contribution in [-0.4, -0.2) is 62.3 Å². The van der Waals surface area contributed by atoms with Crippen LogP contribution in [0.4, 0.5) is 5.13 Å². The Morgan fingerprint density at radius 3 is 2.90 bits per heavy atom. The van der Waals surface area contributed by atoms with Crippen LogP contribution in [0.2, 0.25) is 0 Å². The van der Waals surface area contributed by atoms with Crippen molar-refractivity contribution in [3.63, 3.8) is 0 Å². The summed E-state index contributed by atoms with van der Waals surface area (Å²) in [4.78, 5) is 23.0. The number of ether oxygens (including phenoxy) is 2. The number of nitrogens with zero attached hydrogens (tertiary/aromatic N) is 3. The van der Waals surface area contributed by atoms with Gasteiger partial charge in [-0.15, -0.1) is 23.7 Å². The summed E-state index contributed by atoms with van der Waals surface area (Å²) in [6.45, 7) is 5.04. The summed E-state index contributed by atoms with van der Waals surface area (Å²) in [6.07, 6.45) is 4.41. The molecule has 0 N–H and O–H groups in total. The van der Waals surface area contributed by atoms with Gasteiger partial charge in [-0.05, 0) is 42.1 Å². The van der Waals surface area contributed by atoms with Gasteiger partial charge in [0.05, 0.1) is 30.5 Å². The Kier molecular flexibility index (Phi) is 8.86. The number of aromatic nitrogens is 1. The van der Waals surface area contributed by atoms with E-state index >= 15 is 0 Å². The molecule has 31 heavy (non-hydrogen) atoms. The Hall–Kier alpha value is -1.97. The Morgan fingerprint density at radius 1 is 1.32 bits per heavy atom. The lowest BCUT2D eigenvalue weighted by Crippen LogP contribution is -2.39. The van der Waals surface area contributed by atoms with Crippen LogP contribution in [0.15, 0.2) is 41.8 Å². The predicted molar refractivity (Wildman–Crippen MR) is 131 cm³/mol. The van der Waals surface area contributed by atoms with E-state index in [4.69, 9.17) is 14.5 Å². The maximum atomic E-state index is 13.1. The predicted octanol–water partition coefficient (Wildman–Crippen LogP) is 4.56. The van der Waals surface area contributed by atoms with E-state index in [1.165, 1.54) is 11.3 Å². The van der Waals surface area contributed by atoms with E-state index in [1.807, 2.05) is 41.8 Å². The molecule has 1 aliphatic heterocycles. The van der Waals surface area contributed by atoms with Gasteiger partial charge in [-0.25, -0.2) is 4.98 Å². The zero-order valence-corrected chi connectivity index (χ0v) is 19.8. The first-order valence-electron chi connectivity index (χ1n) is 10.0. The number of methoxy groups -OCH3 is 1. The number of hydrogen-bond acceptors (Lipinski definition) is 7. The summed E-state index contributed by atoms with van der Waals surface area (Å²) in [7, 11) is 1.65. The Bertz CT molecular complexity index is 1000. The highest BCUT2D eigenvalue weighted by atomic mass is 35.5. The number of benzene rings is 1. The minimum Gasteiger partial charge on any atom is -0.497 e. The standard InChI is InChI=1S/C22H25N3O3S2.ClH/c1-27-17-5-7-19-20(16-17)30-22(23-19)25(10-3-9-24-11-13-28-14-12-24)21(26)8-6-18-4-2-15-29-18;/h2,4-8,15-16H,3,9-14H2,1H3;1H/b8-6+;. The van der Waals surface area contributed by atoms with Crippen LogP contribution in [0.25, 0.3) is 16.3 Å². The molecule has 1 aliphatic rings. The average Bonchev–Trinajstić information content (AvgIpc) is 3.44. The highest BCUT2D eigenvalue weighted by Gasteiger charge is 2.19. The second-order valence-corrected chi connectivity index (χ2v) is 8.96. The molecule has 166 valence electrons. The summed E-state index contributed by atoms with van der Waals surface area (Å²) < 4.78 is 11.8. The number of morpholine rings is 1. The molecule has 0 bridgehead atoms. The molecule has 0 unspecified atom stereocenters. The largest absolute Gasteiger partial charge is 0.497 e. The second kappa shape index (κ2) is 11.6. The Labute approximate surface area is 196 Å². The van der Waals surface area contributed by atoms with Gasteiger partial charge in [-0.3, -0.25) is 14.6 Å². The van der Waals surface area contributed by atoms with E-state index in [9.17, 15) is 4.79 Å². The maximum Gasteiger partial charge on any atom is 0.252 e. The number of thiophene rings is 1. The van der Waals surface area contributed by atoms with Crippen molar-refractivity contribution in [2.45, 2.75) is 6.42 Å². The second-order valence-electron chi connectivity index (χ2n) is 6.98. The van der Waals surface area contributed by atoms with Gasteiger partial charge < -0.3 is 9.47 Å². The summed E-state index contributed by atoms with van der Waals surface area (Å²) in [5, 5.41) is 2.73. The monoisotopic (exact) mass is 479 g/mol. The highest BCUT2D eigenvalue weighted by Crippen LogP contribution is 2.32. The van der Waals surface area contributed by atoms with Crippen LogP contribution in [0.1, 0.15) is 11.3 Å². The number of halogens is 1. The molecule has 1 saturated heterocycles. The minimum absolute atomic E-state index is 0. The number of carbonyl (C=O) groups is 1. The van der Waals surface area contributed by atoms with E-state index in [0.29, 0.717) is 6.54 Å². The van der Waals surface area contributed by atoms with Crippen molar-refractivity contribution in [3.8, 4) is 5.75 Å². The Balaban J connectivity index is 0.00000272. The first kappa shape index (κ1) is 23.7. The summed E-state index contributed by atoms with van der Waals surface area (Å²) in [6, 6.07) is 9.78. The van der Waals surface area contributed by atoms with Crippen LogP contribution in [-0.2, 0) is 9.53 Å². The number of fused-ring (bicyclic) bond motifs is 1. The molecule has 0 spiro atoms. The van der Waals surface area contributed by atoms with Gasteiger partial charge >= 0.3 is 0 Å². The van der Waals surface area contributed by atoms with Crippen LogP contribution in [0.5, 0.6) is 5.75 Å². The Morgan fingerprint density at radius 2 is 2.16 bits per heavy atom. The third-order valence-electron chi connectivity index (χ3n) is 4.97. The minimum atomic E-state index is -0.0450. The molecular formula is C22H26ClN3O3S2. The quantitative estimate of drug-likeness (QED) is 0.443. The number of amides is 1. The summed E-state index contributed by atoms with van der Waals surface area (Å²) >= 11 is 3.14. The third kappa shape index (κ3) is 6.27. The lowest BCUT2D eigenvalue weighted by atomic mass is 10.3. The molecule has 2 aromatic heterocycles. The SMILES string of the molecule is COc1ccc2nc(N(CCCN3CCOCC3)C(=O)/C=C/c3cccs3)sc2c1.Cl. The van der Waals surface area contributed by atoms with E-state index in [1.54, 1.807) is 29.4 Å². The van der Waals surface area contributed by atoms with Gasteiger partial charge in [0, 0.05) is 37.1 Å². The molecule has 3 heterocycles. The molecule has 1 aromatic carbocycles. The van der Waals surface area contributed by atoms with Crippen molar-refractivity contribution in [1.82, 2.24) is 9.88 Å². The molecule has 0 aliphatic carbocycles. The first-order chi connectivity index (χ1) is 14.7. The van der Waals surface area contributed by atoms with Gasteiger partial charge in [-0.2, -0.15) is 0 Å². The van der Waals surface area contributed by atoms with E-state index < -0.39 is 0 Å². The number of thiazole rings is 1. The summed E-state index contributed by atoms with van der Waals surface area (Å²) in [5.74, 6) is 0.747. The van der Waals surface area contributed by atoms with E-state index in [0.717, 1.165) is 65.2 Å². The van der Waals surface area contributed by atoms with Crippen molar-refractivity contribution >= 4 is 62.4 Å². The van der Waals surface area contributed by atoms with Crippen LogP contribution >= 0.6 is 35.1 Å². The zero-order valence-electron chi connectivity index (χ0n) is 17.4. The summed E-state index contributed by atoms with van der Waals surface area (Å²) in [5.41, 5.74) is 0.879. The first-order valence-corrected chi connectivity index (χ1v) is 11.7. The molecule has 1 fully saturated rings. The third-order valence-corrected chi connectivity index (χ3v) is 6.85. The van der Waals surface area contributed by atoms with E-state index in [2.05, 4.69) is 4.90 Å². The fourth-order valence-corrected chi connectivity index (χ4v) is 4.99. The lowest BCUT2D eigenvalue weighted by Gasteiger charge is -2.27. The van der Waals surface area contributed by atoms with Crippen LogP contribution in [0.3, 0.4) is 0 Å². The smallest absolute Gasteiger partial charge is 0.252 e. The molecular weight excluding hydrogens is 454 g/mol. The molecule has 1 amide bonds. The molecule has 6 nitrogen and oxygen atoms in total.